The van der Waals surface area contributed by atoms with E-state index in [9.17, 15) is 4.79 Å². The molecule has 24 heavy (non-hydrogen) atoms. The van der Waals surface area contributed by atoms with Crippen LogP contribution in [-0.4, -0.2) is 20.7 Å². The Morgan fingerprint density at radius 1 is 1.12 bits per heavy atom. The standard InChI is InChI=1S/C18H20N4O2/c1-3-13-8-5-6-9-14(13)19-16(23)12-22-11-7-10-15(22)18-21-20-17(4-2)24-18/h5-11H,3-4,12H2,1-2H3,(H,19,23). The molecule has 1 N–H and O–H groups in total. The summed E-state index contributed by atoms with van der Waals surface area (Å²) in [5, 5.41) is 11.0. The monoisotopic (exact) mass is 324 g/mol. The first-order valence-electron chi connectivity index (χ1n) is 8.07. The summed E-state index contributed by atoms with van der Waals surface area (Å²) in [6, 6.07) is 11.5. The van der Waals surface area contributed by atoms with Crippen LogP contribution < -0.4 is 5.32 Å². The first-order chi connectivity index (χ1) is 11.7. The van der Waals surface area contributed by atoms with Crippen LogP contribution in [-0.2, 0) is 24.2 Å². The first-order valence-corrected chi connectivity index (χ1v) is 8.07. The van der Waals surface area contributed by atoms with Crippen LogP contribution in [0.5, 0.6) is 0 Å². The predicted octanol–water partition coefficient (Wildman–Crippen LogP) is 3.30. The highest BCUT2D eigenvalue weighted by molar-refractivity contribution is 5.91. The second-order valence-electron chi connectivity index (χ2n) is 5.43. The summed E-state index contributed by atoms with van der Waals surface area (Å²) in [4.78, 5) is 12.4. The van der Waals surface area contributed by atoms with Crippen LogP contribution in [0.3, 0.4) is 0 Å². The zero-order valence-electron chi connectivity index (χ0n) is 13.8. The Morgan fingerprint density at radius 2 is 1.96 bits per heavy atom. The van der Waals surface area contributed by atoms with Crippen LogP contribution in [0, 0.1) is 0 Å². The van der Waals surface area contributed by atoms with Crippen molar-refractivity contribution in [1.82, 2.24) is 14.8 Å². The van der Waals surface area contributed by atoms with Crippen LogP contribution >= 0.6 is 0 Å². The summed E-state index contributed by atoms with van der Waals surface area (Å²) in [5.74, 6) is 0.918. The summed E-state index contributed by atoms with van der Waals surface area (Å²) >= 11 is 0. The van der Waals surface area contributed by atoms with Gasteiger partial charge < -0.3 is 14.3 Å². The van der Waals surface area contributed by atoms with Gasteiger partial charge in [-0.15, -0.1) is 10.2 Å². The number of amides is 1. The Labute approximate surface area is 140 Å². The van der Waals surface area contributed by atoms with E-state index in [4.69, 9.17) is 4.42 Å². The predicted molar refractivity (Wildman–Crippen MR) is 91.6 cm³/mol. The number of nitrogens with one attached hydrogen (secondary N) is 1. The number of nitrogens with zero attached hydrogens (tertiary/aromatic N) is 3. The molecule has 0 spiro atoms. The van der Waals surface area contributed by atoms with Gasteiger partial charge in [-0.25, -0.2) is 0 Å². The number of carbonyl (C=O) groups is 1. The second kappa shape index (κ2) is 7.12. The van der Waals surface area contributed by atoms with Gasteiger partial charge in [-0.05, 0) is 30.2 Å². The molecule has 3 rings (SSSR count). The third kappa shape index (κ3) is 3.37. The van der Waals surface area contributed by atoms with E-state index < -0.39 is 0 Å². The molecule has 2 aromatic heterocycles. The fourth-order valence-electron chi connectivity index (χ4n) is 2.54. The quantitative estimate of drug-likeness (QED) is 0.755. The molecule has 0 atom stereocenters. The maximum absolute atomic E-state index is 12.4. The zero-order valence-corrected chi connectivity index (χ0v) is 13.8. The Bertz CT molecular complexity index is 835. The number of rotatable bonds is 6. The van der Waals surface area contributed by atoms with E-state index >= 15 is 0 Å². The lowest BCUT2D eigenvalue weighted by atomic mass is 10.1. The molecule has 2 heterocycles. The Morgan fingerprint density at radius 3 is 2.71 bits per heavy atom. The van der Waals surface area contributed by atoms with Crippen LogP contribution in [0.1, 0.15) is 25.3 Å². The minimum absolute atomic E-state index is 0.0939. The highest BCUT2D eigenvalue weighted by Crippen LogP contribution is 2.20. The molecule has 124 valence electrons. The van der Waals surface area contributed by atoms with Crippen LogP contribution in [0.15, 0.2) is 47.0 Å². The molecule has 0 saturated heterocycles. The molecule has 0 aliphatic rings. The summed E-state index contributed by atoms with van der Waals surface area (Å²) < 4.78 is 7.38. The van der Waals surface area contributed by atoms with Crippen molar-refractivity contribution < 1.29 is 9.21 Å². The molecule has 6 heteroatoms. The van der Waals surface area contributed by atoms with Gasteiger partial charge in [-0.1, -0.05) is 32.0 Å². The molecular formula is C18H20N4O2. The number of carbonyl (C=O) groups excluding carboxylic acids is 1. The molecule has 0 aliphatic carbocycles. The van der Waals surface area contributed by atoms with Crippen molar-refractivity contribution in [3.05, 3.63) is 54.0 Å². The van der Waals surface area contributed by atoms with Crippen molar-refractivity contribution in [3.63, 3.8) is 0 Å². The first kappa shape index (κ1) is 16.0. The summed E-state index contributed by atoms with van der Waals surface area (Å²) in [5.41, 5.74) is 2.70. The fraction of sp³-hybridized carbons (Fsp3) is 0.278. The highest BCUT2D eigenvalue weighted by atomic mass is 16.4. The van der Waals surface area contributed by atoms with Gasteiger partial charge in [0.05, 0.1) is 0 Å². The largest absolute Gasteiger partial charge is 0.419 e. The van der Waals surface area contributed by atoms with Crippen molar-refractivity contribution >= 4 is 11.6 Å². The molecule has 3 aromatic rings. The topological polar surface area (TPSA) is 73.0 Å². The van der Waals surface area contributed by atoms with E-state index in [0.29, 0.717) is 18.2 Å². The van der Waals surface area contributed by atoms with Crippen LogP contribution in [0.4, 0.5) is 5.69 Å². The summed E-state index contributed by atoms with van der Waals surface area (Å²) in [7, 11) is 0. The number of benzene rings is 1. The Hall–Kier alpha value is -2.89. The number of para-hydroxylation sites is 1. The number of anilines is 1. The lowest BCUT2D eigenvalue weighted by molar-refractivity contribution is -0.116. The molecule has 0 unspecified atom stereocenters. The van der Waals surface area contributed by atoms with Crippen LogP contribution in [0.25, 0.3) is 11.6 Å². The second-order valence-corrected chi connectivity index (χ2v) is 5.43. The van der Waals surface area contributed by atoms with E-state index in [2.05, 4.69) is 22.4 Å². The highest BCUT2D eigenvalue weighted by Gasteiger charge is 2.14. The molecule has 0 aliphatic heterocycles. The third-order valence-corrected chi connectivity index (χ3v) is 3.80. The lowest BCUT2D eigenvalue weighted by Crippen LogP contribution is -2.19. The van der Waals surface area contributed by atoms with Gasteiger partial charge in [0.15, 0.2) is 0 Å². The Balaban J connectivity index is 1.75. The maximum atomic E-state index is 12.4. The van der Waals surface area contributed by atoms with Gasteiger partial charge in [0.2, 0.25) is 11.8 Å². The van der Waals surface area contributed by atoms with Gasteiger partial charge in [-0.3, -0.25) is 4.79 Å². The molecule has 0 saturated carbocycles. The maximum Gasteiger partial charge on any atom is 0.264 e. The van der Waals surface area contributed by atoms with E-state index in [1.165, 1.54) is 0 Å². The zero-order chi connectivity index (χ0) is 16.9. The average Bonchev–Trinajstić information content (AvgIpc) is 3.23. The van der Waals surface area contributed by atoms with E-state index in [1.54, 1.807) is 4.57 Å². The van der Waals surface area contributed by atoms with Gasteiger partial charge >= 0.3 is 0 Å². The van der Waals surface area contributed by atoms with Gasteiger partial charge in [-0.2, -0.15) is 0 Å². The minimum atomic E-state index is -0.0939. The van der Waals surface area contributed by atoms with Crippen LogP contribution in [0.2, 0.25) is 0 Å². The van der Waals surface area contributed by atoms with E-state index in [0.717, 1.165) is 23.4 Å². The number of aromatic nitrogens is 3. The molecule has 0 bridgehead atoms. The van der Waals surface area contributed by atoms with Crippen molar-refractivity contribution in [1.29, 1.82) is 0 Å². The molecule has 1 aromatic carbocycles. The van der Waals surface area contributed by atoms with Crippen molar-refractivity contribution in [3.8, 4) is 11.6 Å². The average molecular weight is 324 g/mol. The van der Waals surface area contributed by atoms with Crippen molar-refractivity contribution in [2.45, 2.75) is 33.2 Å². The van der Waals surface area contributed by atoms with Crippen molar-refractivity contribution in [2.24, 2.45) is 0 Å². The number of hydrogen-bond donors (Lipinski definition) is 1. The molecule has 0 fully saturated rings. The molecule has 1 amide bonds. The lowest BCUT2D eigenvalue weighted by Gasteiger charge is -2.11. The van der Waals surface area contributed by atoms with Crippen molar-refractivity contribution in [2.75, 3.05) is 5.32 Å². The summed E-state index contributed by atoms with van der Waals surface area (Å²) in [6.45, 7) is 4.20. The molecule has 6 nitrogen and oxygen atoms in total. The van der Waals surface area contributed by atoms with Gasteiger partial charge in [0.1, 0.15) is 12.2 Å². The van der Waals surface area contributed by atoms with Gasteiger partial charge in [0, 0.05) is 18.3 Å². The van der Waals surface area contributed by atoms with E-state index in [1.807, 2.05) is 49.5 Å². The third-order valence-electron chi connectivity index (χ3n) is 3.80. The summed E-state index contributed by atoms with van der Waals surface area (Å²) in [6.07, 6.45) is 3.38. The Kier molecular flexibility index (Phi) is 4.74. The minimum Gasteiger partial charge on any atom is -0.419 e. The fourth-order valence-corrected chi connectivity index (χ4v) is 2.54. The molecular weight excluding hydrogens is 304 g/mol. The SMILES string of the molecule is CCc1nnc(-c2cccn2CC(=O)Nc2ccccc2CC)o1. The normalized spacial score (nSPS) is 10.8. The number of aryl methyl sites for hydroxylation is 2. The smallest absolute Gasteiger partial charge is 0.264 e. The molecule has 0 radical (unpaired) electrons. The van der Waals surface area contributed by atoms with E-state index in [-0.39, 0.29) is 12.5 Å². The van der Waals surface area contributed by atoms with Gasteiger partial charge in [0.25, 0.3) is 5.89 Å². The number of hydrogen-bond acceptors (Lipinski definition) is 4.